The number of carbonyl (C=O) groups is 1. The van der Waals surface area contributed by atoms with Crippen LogP contribution in [0.3, 0.4) is 0 Å². The van der Waals surface area contributed by atoms with Gasteiger partial charge in [0.05, 0.1) is 43.2 Å². The van der Waals surface area contributed by atoms with Gasteiger partial charge in [0.25, 0.3) is 0 Å². The molecule has 3 N–H and O–H groups in total. The second-order valence-electron chi connectivity index (χ2n) is 13.9. The summed E-state index contributed by atoms with van der Waals surface area (Å²) in [7, 11) is -7.91. The van der Waals surface area contributed by atoms with Gasteiger partial charge in [-0.05, 0) is 112 Å². The summed E-state index contributed by atoms with van der Waals surface area (Å²) in [6.07, 6.45) is 4.71. The minimum Gasteiger partial charge on any atom is -0.382 e. The van der Waals surface area contributed by atoms with E-state index in [4.69, 9.17) is 30.3 Å². The van der Waals surface area contributed by atoms with Crippen LogP contribution in [0.25, 0.3) is 0 Å². The maximum atomic E-state index is 14.2. The predicted molar refractivity (Wildman–Crippen MR) is 206 cm³/mol. The first-order chi connectivity index (χ1) is 23.7. The zero-order valence-electron chi connectivity index (χ0n) is 31.0. The molecule has 2 aliphatic rings. The highest BCUT2D eigenvalue weighted by Gasteiger charge is 2.55. The Labute approximate surface area is 304 Å². The Bertz CT molecular complexity index is 1560. The van der Waals surface area contributed by atoms with Crippen molar-refractivity contribution < 1.29 is 32.0 Å². The van der Waals surface area contributed by atoms with Gasteiger partial charge in [-0.1, -0.05) is 64.4 Å². The molecule has 0 saturated heterocycles. The molecule has 0 spiro atoms. The van der Waals surface area contributed by atoms with Gasteiger partial charge < -0.3 is 34.0 Å². The van der Waals surface area contributed by atoms with Gasteiger partial charge in [0, 0.05) is 6.54 Å². The molecule has 0 bridgehead atoms. The van der Waals surface area contributed by atoms with Crippen LogP contribution in [0, 0.1) is 11.3 Å². The molecule has 1 amide bonds. The van der Waals surface area contributed by atoms with E-state index in [0.29, 0.717) is 17.3 Å². The van der Waals surface area contributed by atoms with E-state index in [1.807, 2.05) is 18.2 Å². The van der Waals surface area contributed by atoms with Gasteiger partial charge in [-0.3, -0.25) is 13.9 Å². The molecule has 4 rings (SSSR count). The van der Waals surface area contributed by atoms with Crippen molar-refractivity contribution in [2.24, 2.45) is 11.3 Å². The van der Waals surface area contributed by atoms with Gasteiger partial charge in [-0.2, -0.15) is 0 Å². The number of aryl methyl sites for hydroxylation is 1. The Hall–Kier alpha value is -2.10. The second-order valence-corrected chi connectivity index (χ2v) is 19.2. The molecule has 278 valence electrons. The highest BCUT2D eigenvalue weighted by Crippen LogP contribution is 2.70. The van der Waals surface area contributed by atoms with Crippen LogP contribution in [0.15, 0.2) is 42.5 Å². The number of amides is 1. The highest BCUT2D eigenvalue weighted by molar-refractivity contribution is 7.80. The third-order valence-corrected chi connectivity index (χ3v) is 16.6. The van der Waals surface area contributed by atoms with Crippen molar-refractivity contribution in [1.29, 1.82) is 0 Å². The molecule has 0 aliphatic heterocycles. The van der Waals surface area contributed by atoms with E-state index in [1.54, 1.807) is 33.8 Å². The Kier molecular flexibility index (Phi) is 14.0. The SMILES string of the molecule is CCOP(=O)(OCC)C(CNc1ccccc1NC(=S)NC(=O)[C@]1(C)CCC[C@]2(C)c3ccc(C(C)C)cc3CC[C@@H]12)P(=O)(OCC)OCC. The van der Waals surface area contributed by atoms with E-state index in [2.05, 4.69) is 61.8 Å². The van der Waals surface area contributed by atoms with Crippen LogP contribution < -0.4 is 16.0 Å². The molecular formula is C37H57N3O7P2S. The van der Waals surface area contributed by atoms with Crippen molar-refractivity contribution in [2.75, 3.05) is 43.6 Å². The number of thiocarbonyl (C=S) groups is 1. The smallest absolute Gasteiger partial charge is 0.347 e. The van der Waals surface area contributed by atoms with Crippen LogP contribution in [0.4, 0.5) is 11.4 Å². The third-order valence-electron chi connectivity index (χ3n) is 10.4. The summed E-state index contributed by atoms with van der Waals surface area (Å²) in [5.41, 5.74) is 4.62. The zero-order valence-corrected chi connectivity index (χ0v) is 33.6. The van der Waals surface area contributed by atoms with Crippen molar-refractivity contribution >= 4 is 49.8 Å². The minimum atomic E-state index is -3.96. The fraction of sp³-hybridized carbons (Fsp3) is 0.622. The van der Waals surface area contributed by atoms with Crippen molar-refractivity contribution in [3.63, 3.8) is 0 Å². The number of rotatable bonds is 16. The third kappa shape index (κ3) is 8.57. The molecule has 0 aromatic heterocycles. The molecule has 0 radical (unpaired) electrons. The monoisotopic (exact) mass is 749 g/mol. The molecule has 2 aromatic carbocycles. The maximum absolute atomic E-state index is 14.2. The number of hydrogen-bond donors (Lipinski definition) is 3. The second kappa shape index (κ2) is 17.2. The molecule has 50 heavy (non-hydrogen) atoms. The summed E-state index contributed by atoms with van der Waals surface area (Å²) in [4.78, 5) is 14.2. The molecule has 0 unspecified atom stereocenters. The molecular weight excluding hydrogens is 692 g/mol. The number of para-hydroxylation sites is 2. The fourth-order valence-corrected chi connectivity index (χ4v) is 13.3. The van der Waals surface area contributed by atoms with E-state index < -0.39 is 26.0 Å². The molecule has 2 aliphatic carbocycles. The molecule has 10 nitrogen and oxygen atoms in total. The normalized spacial score (nSPS) is 22.2. The van der Waals surface area contributed by atoms with E-state index in [9.17, 15) is 13.9 Å². The first kappa shape index (κ1) is 40.7. The van der Waals surface area contributed by atoms with Crippen LogP contribution in [-0.2, 0) is 43.9 Å². The lowest BCUT2D eigenvalue weighted by molar-refractivity contribution is -0.137. The minimum absolute atomic E-state index is 0.0811. The first-order valence-corrected chi connectivity index (χ1v) is 21.7. The highest BCUT2D eigenvalue weighted by atomic mass is 32.1. The number of anilines is 2. The van der Waals surface area contributed by atoms with E-state index >= 15 is 0 Å². The van der Waals surface area contributed by atoms with Crippen molar-refractivity contribution in [3.05, 3.63) is 59.2 Å². The molecule has 1 saturated carbocycles. The average molecular weight is 750 g/mol. The lowest BCUT2D eigenvalue weighted by Gasteiger charge is -2.54. The van der Waals surface area contributed by atoms with Crippen LogP contribution in [0.2, 0.25) is 0 Å². The number of nitrogens with one attached hydrogen (secondary N) is 3. The van der Waals surface area contributed by atoms with E-state index in [1.165, 1.54) is 16.7 Å². The summed E-state index contributed by atoms with van der Waals surface area (Å²) in [5.74, 6) is 0.567. The zero-order chi connectivity index (χ0) is 36.7. The average Bonchev–Trinajstić information content (AvgIpc) is 3.05. The number of hydrogen-bond acceptors (Lipinski definition) is 9. The summed E-state index contributed by atoms with van der Waals surface area (Å²) in [5, 5.41) is 8.40. The Morgan fingerprint density at radius 3 is 2.04 bits per heavy atom. The van der Waals surface area contributed by atoms with Crippen molar-refractivity contribution in [1.82, 2.24) is 5.32 Å². The van der Waals surface area contributed by atoms with Gasteiger partial charge in [0.1, 0.15) is 0 Å². The Morgan fingerprint density at radius 2 is 1.48 bits per heavy atom. The molecule has 2 aromatic rings. The van der Waals surface area contributed by atoms with Crippen molar-refractivity contribution in [2.45, 2.75) is 104 Å². The quantitative estimate of drug-likeness (QED) is 0.113. The first-order valence-electron chi connectivity index (χ1n) is 18.1. The molecule has 0 heterocycles. The molecule has 13 heteroatoms. The van der Waals surface area contributed by atoms with E-state index in [-0.39, 0.29) is 55.3 Å². The standard InChI is InChI=1S/C37H57N3O7P2S/c1-9-44-48(42,45-10-2)33(49(43,46-11-3)47-12-4)25-38-30-16-13-14-17-31(30)39-35(50)40-34(41)37(8)23-15-22-36(7)29-20-18-27(26(5)6)24-28(29)19-21-32(36)37/h13-14,16-18,20,24,26,32-33,38H,9-12,15,19,21-23,25H2,1-8H3,(H2,39,40,41,50)/t32-,36-,37-/m1/s1. The van der Waals surface area contributed by atoms with Crippen LogP contribution in [0.5, 0.6) is 0 Å². The van der Waals surface area contributed by atoms with Crippen LogP contribution >= 0.6 is 27.4 Å². The molecule has 3 atom stereocenters. The Balaban J connectivity index is 1.52. The fourth-order valence-electron chi connectivity index (χ4n) is 8.02. The van der Waals surface area contributed by atoms with Gasteiger partial charge in [0.15, 0.2) is 10.5 Å². The Morgan fingerprint density at radius 1 is 0.900 bits per heavy atom. The summed E-state index contributed by atoms with van der Waals surface area (Å²) in [6.45, 7) is 15.9. The van der Waals surface area contributed by atoms with E-state index in [0.717, 1.165) is 32.1 Å². The summed E-state index contributed by atoms with van der Waals surface area (Å²) >= 11 is 5.72. The lowest BCUT2D eigenvalue weighted by atomic mass is 9.49. The van der Waals surface area contributed by atoms with Crippen LogP contribution in [0.1, 0.15) is 104 Å². The number of carbonyl (C=O) groups excluding carboxylic acids is 1. The van der Waals surface area contributed by atoms with Gasteiger partial charge in [0.2, 0.25) is 5.91 Å². The number of benzene rings is 2. The van der Waals surface area contributed by atoms with Gasteiger partial charge >= 0.3 is 15.2 Å². The van der Waals surface area contributed by atoms with Gasteiger partial charge in [-0.25, -0.2) is 0 Å². The van der Waals surface area contributed by atoms with Gasteiger partial charge in [-0.15, -0.1) is 0 Å². The predicted octanol–water partition coefficient (Wildman–Crippen LogP) is 9.60. The van der Waals surface area contributed by atoms with Crippen molar-refractivity contribution in [3.8, 4) is 0 Å². The largest absolute Gasteiger partial charge is 0.382 e. The summed E-state index contributed by atoms with van der Waals surface area (Å²) in [6, 6.07) is 14.2. The number of fused-ring (bicyclic) bond motifs is 3. The van der Waals surface area contributed by atoms with Crippen LogP contribution in [-0.4, -0.2) is 49.4 Å². The molecule has 1 fully saturated rings. The maximum Gasteiger partial charge on any atom is 0.347 e. The lowest BCUT2D eigenvalue weighted by Crippen LogP contribution is -2.56. The summed E-state index contributed by atoms with van der Waals surface area (Å²) < 4.78 is 50.5. The topological polar surface area (TPSA) is 124 Å².